The number of aryl methyl sites for hydroxylation is 2. The predicted octanol–water partition coefficient (Wildman–Crippen LogP) is 3.36. The normalized spacial score (nSPS) is 21.5. The smallest absolute Gasteiger partial charge is 0.256 e. The molecule has 4 rings (SSSR count). The van der Waals surface area contributed by atoms with Crippen molar-refractivity contribution in [2.45, 2.75) is 51.1 Å². The van der Waals surface area contributed by atoms with Crippen LogP contribution in [0.4, 0.5) is 5.00 Å². The molecule has 1 fully saturated rings. The van der Waals surface area contributed by atoms with Gasteiger partial charge in [-0.3, -0.25) is 9.59 Å². The molecule has 142 valence electrons. The van der Waals surface area contributed by atoms with Crippen LogP contribution < -0.4 is 16.0 Å². The standard InChI is InChI=1S/C21H25N3O2S/c1-13-18(6-3-10-22-13)23-20(26)17-9-11-27-21(17)24-19(25)16-8-7-14-4-2-5-15(14)12-16/h7-9,11-13,18,22H,2-6,10H2,1H3,(H,23,26)(H,24,25). The summed E-state index contributed by atoms with van der Waals surface area (Å²) in [4.78, 5) is 25.4. The summed E-state index contributed by atoms with van der Waals surface area (Å²) in [5, 5.41) is 11.9. The molecule has 1 aromatic heterocycles. The maximum absolute atomic E-state index is 12.7. The summed E-state index contributed by atoms with van der Waals surface area (Å²) in [6.45, 7) is 3.09. The maximum atomic E-state index is 12.7. The molecule has 1 saturated heterocycles. The van der Waals surface area contributed by atoms with Crippen molar-refractivity contribution in [1.82, 2.24) is 10.6 Å². The van der Waals surface area contributed by atoms with E-state index in [1.54, 1.807) is 6.07 Å². The van der Waals surface area contributed by atoms with Crippen molar-refractivity contribution in [2.24, 2.45) is 0 Å². The van der Waals surface area contributed by atoms with E-state index in [1.165, 1.54) is 22.5 Å². The van der Waals surface area contributed by atoms with Gasteiger partial charge in [-0.15, -0.1) is 11.3 Å². The molecular formula is C21H25N3O2S. The number of anilines is 1. The van der Waals surface area contributed by atoms with Crippen LogP contribution in [0.25, 0.3) is 0 Å². The van der Waals surface area contributed by atoms with Crippen molar-refractivity contribution in [3.63, 3.8) is 0 Å². The van der Waals surface area contributed by atoms with Crippen LogP contribution in [-0.2, 0) is 12.8 Å². The van der Waals surface area contributed by atoms with Crippen molar-refractivity contribution in [3.8, 4) is 0 Å². The molecule has 2 aromatic rings. The van der Waals surface area contributed by atoms with Crippen molar-refractivity contribution in [1.29, 1.82) is 0 Å². The van der Waals surface area contributed by atoms with Gasteiger partial charge in [0, 0.05) is 17.6 Å². The van der Waals surface area contributed by atoms with Crippen molar-refractivity contribution >= 4 is 28.2 Å². The number of rotatable bonds is 4. The van der Waals surface area contributed by atoms with E-state index in [9.17, 15) is 9.59 Å². The van der Waals surface area contributed by atoms with Gasteiger partial charge in [0.05, 0.1) is 5.56 Å². The first kappa shape index (κ1) is 18.2. The number of carbonyl (C=O) groups excluding carboxylic acids is 2. The van der Waals surface area contributed by atoms with Gasteiger partial charge >= 0.3 is 0 Å². The molecule has 0 radical (unpaired) electrons. The number of hydrogen-bond acceptors (Lipinski definition) is 4. The third-order valence-corrected chi connectivity index (χ3v) is 6.41. The molecule has 1 aromatic carbocycles. The lowest BCUT2D eigenvalue weighted by atomic mass is 9.99. The highest BCUT2D eigenvalue weighted by Gasteiger charge is 2.25. The molecule has 0 saturated carbocycles. The summed E-state index contributed by atoms with van der Waals surface area (Å²) < 4.78 is 0. The van der Waals surface area contributed by atoms with E-state index in [1.807, 2.05) is 17.5 Å². The number of amides is 2. The Labute approximate surface area is 163 Å². The summed E-state index contributed by atoms with van der Waals surface area (Å²) >= 11 is 1.38. The highest BCUT2D eigenvalue weighted by Crippen LogP contribution is 2.26. The van der Waals surface area contributed by atoms with Gasteiger partial charge in [-0.1, -0.05) is 6.07 Å². The van der Waals surface area contributed by atoms with Gasteiger partial charge in [0.15, 0.2) is 0 Å². The fraction of sp³-hybridized carbons (Fsp3) is 0.429. The molecule has 1 aliphatic heterocycles. The average molecular weight is 384 g/mol. The maximum Gasteiger partial charge on any atom is 0.256 e. The van der Waals surface area contributed by atoms with Crippen LogP contribution in [0, 0.1) is 0 Å². The number of thiophene rings is 1. The van der Waals surface area contributed by atoms with Gasteiger partial charge in [0.1, 0.15) is 5.00 Å². The van der Waals surface area contributed by atoms with E-state index in [2.05, 4.69) is 28.9 Å². The Kier molecular flexibility index (Phi) is 5.27. The molecule has 2 atom stereocenters. The first-order chi connectivity index (χ1) is 13.1. The number of nitrogens with one attached hydrogen (secondary N) is 3. The van der Waals surface area contributed by atoms with E-state index in [0.29, 0.717) is 16.1 Å². The highest BCUT2D eigenvalue weighted by atomic mass is 32.1. The molecule has 0 bridgehead atoms. The molecule has 27 heavy (non-hydrogen) atoms. The Balaban J connectivity index is 1.45. The van der Waals surface area contributed by atoms with Crippen molar-refractivity contribution in [2.75, 3.05) is 11.9 Å². The lowest BCUT2D eigenvalue weighted by molar-refractivity contribution is 0.0921. The third kappa shape index (κ3) is 3.92. The second-order valence-corrected chi connectivity index (χ2v) is 8.34. The van der Waals surface area contributed by atoms with Crippen molar-refractivity contribution in [3.05, 3.63) is 51.9 Å². The van der Waals surface area contributed by atoms with Crippen LogP contribution in [0.1, 0.15) is 58.0 Å². The molecule has 1 aliphatic carbocycles. The topological polar surface area (TPSA) is 70.2 Å². The van der Waals surface area contributed by atoms with Crippen LogP contribution >= 0.6 is 11.3 Å². The predicted molar refractivity (Wildman–Crippen MR) is 109 cm³/mol. The zero-order chi connectivity index (χ0) is 18.8. The fourth-order valence-electron chi connectivity index (χ4n) is 3.96. The van der Waals surface area contributed by atoms with Crippen LogP contribution in [-0.4, -0.2) is 30.4 Å². The van der Waals surface area contributed by atoms with Crippen molar-refractivity contribution < 1.29 is 9.59 Å². The van der Waals surface area contributed by atoms with E-state index < -0.39 is 0 Å². The lowest BCUT2D eigenvalue weighted by Gasteiger charge is -2.30. The van der Waals surface area contributed by atoms with Gasteiger partial charge in [-0.2, -0.15) is 0 Å². The molecule has 2 aliphatic rings. The van der Waals surface area contributed by atoms with Gasteiger partial charge in [-0.25, -0.2) is 0 Å². The zero-order valence-corrected chi connectivity index (χ0v) is 16.3. The Morgan fingerprint density at radius 1 is 1.11 bits per heavy atom. The molecule has 0 spiro atoms. The minimum Gasteiger partial charge on any atom is -0.348 e. The van der Waals surface area contributed by atoms with Gasteiger partial charge in [-0.05, 0) is 80.3 Å². The highest BCUT2D eigenvalue weighted by molar-refractivity contribution is 7.14. The van der Waals surface area contributed by atoms with Crippen LogP contribution in [0.5, 0.6) is 0 Å². The third-order valence-electron chi connectivity index (χ3n) is 5.58. The lowest BCUT2D eigenvalue weighted by Crippen LogP contribution is -2.51. The van der Waals surface area contributed by atoms with Gasteiger partial charge in [0.2, 0.25) is 0 Å². The molecule has 5 nitrogen and oxygen atoms in total. The minimum atomic E-state index is -0.158. The molecule has 2 unspecified atom stereocenters. The van der Waals surface area contributed by atoms with Gasteiger partial charge in [0.25, 0.3) is 11.8 Å². The number of piperidine rings is 1. The monoisotopic (exact) mass is 383 g/mol. The molecule has 2 amide bonds. The molecule has 3 N–H and O–H groups in total. The Morgan fingerprint density at radius 2 is 1.96 bits per heavy atom. The van der Waals surface area contributed by atoms with E-state index in [4.69, 9.17) is 0 Å². The summed E-state index contributed by atoms with van der Waals surface area (Å²) in [7, 11) is 0. The van der Waals surface area contributed by atoms with E-state index in [0.717, 1.165) is 38.6 Å². The average Bonchev–Trinajstić information content (AvgIpc) is 3.32. The first-order valence-corrected chi connectivity index (χ1v) is 10.5. The Bertz CT molecular complexity index is 861. The summed E-state index contributed by atoms with van der Waals surface area (Å²) in [6.07, 6.45) is 5.32. The quantitative estimate of drug-likeness (QED) is 0.758. The number of fused-ring (bicyclic) bond motifs is 1. The second-order valence-electron chi connectivity index (χ2n) is 7.42. The summed E-state index contributed by atoms with van der Waals surface area (Å²) in [5.74, 6) is -0.282. The largest absolute Gasteiger partial charge is 0.348 e. The number of carbonyl (C=O) groups is 2. The van der Waals surface area contributed by atoms with Crippen LogP contribution in [0.2, 0.25) is 0 Å². The van der Waals surface area contributed by atoms with E-state index >= 15 is 0 Å². The fourth-order valence-corrected chi connectivity index (χ4v) is 4.74. The summed E-state index contributed by atoms with van der Waals surface area (Å²) in [6, 6.07) is 8.07. The van der Waals surface area contributed by atoms with E-state index in [-0.39, 0.29) is 23.9 Å². The minimum absolute atomic E-state index is 0.117. The zero-order valence-electron chi connectivity index (χ0n) is 15.5. The molecule has 2 heterocycles. The second kappa shape index (κ2) is 7.82. The van der Waals surface area contributed by atoms with Crippen LogP contribution in [0.15, 0.2) is 29.6 Å². The SMILES string of the molecule is CC1NCCCC1NC(=O)c1ccsc1NC(=O)c1ccc2c(c1)CCC2. The van der Waals surface area contributed by atoms with Crippen LogP contribution in [0.3, 0.4) is 0 Å². The number of hydrogen-bond donors (Lipinski definition) is 3. The Hall–Kier alpha value is -2.18. The number of benzene rings is 1. The molecule has 6 heteroatoms. The Morgan fingerprint density at radius 3 is 2.81 bits per heavy atom. The summed E-state index contributed by atoms with van der Waals surface area (Å²) in [5.41, 5.74) is 3.80. The molecular weight excluding hydrogens is 358 g/mol. The van der Waals surface area contributed by atoms with Gasteiger partial charge < -0.3 is 16.0 Å². The first-order valence-electron chi connectivity index (χ1n) is 9.67.